The zero-order valence-electron chi connectivity index (χ0n) is 10.4. The molecule has 1 aromatic carbocycles. The first-order valence-corrected chi connectivity index (χ1v) is 5.89. The molecule has 1 aliphatic rings. The molecule has 0 heterocycles. The van der Waals surface area contributed by atoms with Crippen LogP contribution < -0.4 is 5.73 Å². The lowest BCUT2D eigenvalue weighted by molar-refractivity contribution is 0.0779. The highest BCUT2D eigenvalue weighted by Crippen LogP contribution is 2.50. The Bertz CT molecular complexity index is 375. The van der Waals surface area contributed by atoms with Crippen LogP contribution >= 0.6 is 0 Å². The van der Waals surface area contributed by atoms with E-state index in [0.29, 0.717) is 0 Å². The van der Waals surface area contributed by atoms with E-state index >= 15 is 0 Å². The van der Waals surface area contributed by atoms with Crippen molar-refractivity contribution in [1.29, 1.82) is 0 Å². The molecule has 0 aromatic heterocycles. The summed E-state index contributed by atoms with van der Waals surface area (Å²) in [6.45, 7) is 4.13. The molecular weight excluding hydrogens is 198 g/mol. The Morgan fingerprint density at radius 3 is 2.44 bits per heavy atom. The summed E-state index contributed by atoms with van der Waals surface area (Å²) >= 11 is 0. The van der Waals surface area contributed by atoms with Crippen LogP contribution in [0.1, 0.15) is 37.8 Å². The molecule has 1 aliphatic carbocycles. The first-order valence-electron chi connectivity index (χ1n) is 5.89. The molecule has 16 heavy (non-hydrogen) atoms. The van der Waals surface area contributed by atoms with Gasteiger partial charge in [0.2, 0.25) is 0 Å². The highest BCUT2D eigenvalue weighted by Gasteiger charge is 2.46. The van der Waals surface area contributed by atoms with E-state index in [2.05, 4.69) is 38.1 Å². The third kappa shape index (κ3) is 2.28. The first kappa shape index (κ1) is 11.6. The Morgan fingerprint density at radius 1 is 1.31 bits per heavy atom. The molecule has 2 nitrogen and oxygen atoms in total. The monoisotopic (exact) mass is 219 g/mol. The summed E-state index contributed by atoms with van der Waals surface area (Å²) in [5.74, 6) is 0. The second kappa shape index (κ2) is 3.86. The maximum Gasteiger partial charge on any atom is 0.0932 e. The van der Waals surface area contributed by atoms with Crippen LogP contribution in [-0.2, 0) is 16.8 Å². The number of hydrogen-bond donors (Lipinski definition) is 1. The zero-order valence-corrected chi connectivity index (χ0v) is 10.4. The quantitative estimate of drug-likeness (QED) is 0.844. The van der Waals surface area contributed by atoms with Crippen LogP contribution in [0.25, 0.3) is 0 Å². The molecule has 0 atom stereocenters. The van der Waals surface area contributed by atoms with Crippen molar-refractivity contribution in [1.82, 2.24) is 0 Å². The average Bonchev–Trinajstić information content (AvgIpc) is 2.97. The van der Waals surface area contributed by atoms with Crippen LogP contribution in [0.4, 0.5) is 0 Å². The van der Waals surface area contributed by atoms with E-state index in [1.807, 2.05) is 0 Å². The number of rotatable bonds is 4. The maximum absolute atomic E-state index is 6.10. The molecule has 2 heteroatoms. The van der Waals surface area contributed by atoms with E-state index in [-0.39, 0.29) is 11.1 Å². The molecule has 2 N–H and O–H groups in total. The third-order valence-corrected chi connectivity index (χ3v) is 3.25. The van der Waals surface area contributed by atoms with Gasteiger partial charge in [-0.1, -0.05) is 24.3 Å². The van der Waals surface area contributed by atoms with Gasteiger partial charge in [-0.3, -0.25) is 0 Å². The summed E-state index contributed by atoms with van der Waals surface area (Å²) in [5.41, 5.74) is 8.58. The Balaban J connectivity index is 2.32. The molecule has 0 spiro atoms. The third-order valence-electron chi connectivity index (χ3n) is 3.25. The van der Waals surface area contributed by atoms with Gasteiger partial charge in [0, 0.05) is 12.6 Å². The Labute approximate surface area is 97.8 Å². The Hall–Kier alpha value is -0.860. The molecule has 0 bridgehead atoms. The summed E-state index contributed by atoms with van der Waals surface area (Å²) in [6.07, 6.45) is 3.16. The standard InChI is InChI=1S/C14H21NO/c1-13(2,15)10-11-6-4-5-7-12(11)14(16-3)8-9-14/h4-7H,8-10,15H2,1-3H3. The Morgan fingerprint density at radius 2 is 1.94 bits per heavy atom. The topological polar surface area (TPSA) is 35.2 Å². The average molecular weight is 219 g/mol. The molecule has 1 fully saturated rings. The highest BCUT2D eigenvalue weighted by molar-refractivity contribution is 5.37. The van der Waals surface area contributed by atoms with Crippen molar-refractivity contribution in [2.24, 2.45) is 5.73 Å². The van der Waals surface area contributed by atoms with Gasteiger partial charge in [0.1, 0.15) is 0 Å². The smallest absolute Gasteiger partial charge is 0.0932 e. The normalized spacial score (nSPS) is 18.5. The molecular formula is C14H21NO. The van der Waals surface area contributed by atoms with Crippen molar-refractivity contribution in [2.75, 3.05) is 7.11 Å². The SMILES string of the molecule is COC1(c2ccccc2CC(C)(C)N)CC1. The Kier molecular flexibility index (Phi) is 2.81. The lowest BCUT2D eigenvalue weighted by Crippen LogP contribution is -2.35. The summed E-state index contributed by atoms with van der Waals surface area (Å²) in [7, 11) is 1.80. The lowest BCUT2D eigenvalue weighted by atomic mass is 9.90. The van der Waals surface area contributed by atoms with Crippen molar-refractivity contribution in [2.45, 2.75) is 44.2 Å². The van der Waals surface area contributed by atoms with E-state index < -0.39 is 0 Å². The molecule has 2 rings (SSSR count). The predicted molar refractivity (Wildman–Crippen MR) is 66.3 cm³/mol. The fourth-order valence-electron chi connectivity index (χ4n) is 2.31. The highest BCUT2D eigenvalue weighted by atomic mass is 16.5. The summed E-state index contributed by atoms with van der Waals surface area (Å²) in [4.78, 5) is 0. The van der Waals surface area contributed by atoms with E-state index in [1.54, 1.807) is 7.11 Å². The van der Waals surface area contributed by atoms with Crippen LogP contribution in [0.3, 0.4) is 0 Å². The van der Waals surface area contributed by atoms with Gasteiger partial charge in [0.05, 0.1) is 5.60 Å². The van der Waals surface area contributed by atoms with Crippen molar-refractivity contribution < 1.29 is 4.74 Å². The second-order valence-corrected chi connectivity index (χ2v) is 5.52. The van der Waals surface area contributed by atoms with E-state index in [4.69, 9.17) is 10.5 Å². The minimum Gasteiger partial charge on any atom is -0.374 e. The van der Waals surface area contributed by atoms with E-state index in [1.165, 1.54) is 11.1 Å². The minimum absolute atomic E-state index is 0.0121. The van der Waals surface area contributed by atoms with Crippen LogP contribution in [0.15, 0.2) is 24.3 Å². The van der Waals surface area contributed by atoms with Gasteiger partial charge in [0.15, 0.2) is 0 Å². The van der Waals surface area contributed by atoms with Crippen LogP contribution in [0.2, 0.25) is 0 Å². The van der Waals surface area contributed by atoms with Gasteiger partial charge in [-0.15, -0.1) is 0 Å². The number of hydrogen-bond acceptors (Lipinski definition) is 2. The van der Waals surface area contributed by atoms with Crippen molar-refractivity contribution in [3.8, 4) is 0 Å². The predicted octanol–water partition coefficient (Wildman–Crippen LogP) is 2.60. The lowest BCUT2D eigenvalue weighted by Gasteiger charge is -2.23. The fourth-order valence-corrected chi connectivity index (χ4v) is 2.31. The summed E-state index contributed by atoms with van der Waals surface area (Å²) in [5, 5.41) is 0. The van der Waals surface area contributed by atoms with Gasteiger partial charge in [-0.25, -0.2) is 0 Å². The summed E-state index contributed by atoms with van der Waals surface area (Å²) in [6, 6.07) is 8.51. The molecule has 88 valence electrons. The molecule has 0 saturated heterocycles. The van der Waals surface area contributed by atoms with Gasteiger partial charge >= 0.3 is 0 Å². The van der Waals surface area contributed by atoms with Crippen molar-refractivity contribution in [3.05, 3.63) is 35.4 Å². The molecule has 0 amide bonds. The first-order chi connectivity index (χ1) is 7.47. The number of ether oxygens (including phenoxy) is 1. The van der Waals surface area contributed by atoms with Gasteiger partial charge in [0.25, 0.3) is 0 Å². The van der Waals surface area contributed by atoms with Crippen molar-refractivity contribution in [3.63, 3.8) is 0 Å². The van der Waals surface area contributed by atoms with Gasteiger partial charge in [-0.2, -0.15) is 0 Å². The van der Waals surface area contributed by atoms with E-state index in [0.717, 1.165) is 19.3 Å². The largest absolute Gasteiger partial charge is 0.374 e. The van der Waals surface area contributed by atoms with Crippen LogP contribution in [0, 0.1) is 0 Å². The summed E-state index contributed by atoms with van der Waals surface area (Å²) < 4.78 is 5.65. The zero-order chi connectivity index (χ0) is 11.8. The second-order valence-electron chi connectivity index (χ2n) is 5.52. The van der Waals surface area contributed by atoms with Crippen molar-refractivity contribution >= 4 is 0 Å². The van der Waals surface area contributed by atoms with Gasteiger partial charge < -0.3 is 10.5 Å². The minimum atomic E-state index is -0.167. The maximum atomic E-state index is 6.10. The molecule has 0 radical (unpaired) electrons. The van der Waals surface area contributed by atoms with Crippen LogP contribution in [-0.4, -0.2) is 12.6 Å². The fraction of sp³-hybridized carbons (Fsp3) is 0.571. The van der Waals surface area contributed by atoms with Gasteiger partial charge in [-0.05, 0) is 44.2 Å². The number of benzene rings is 1. The number of methoxy groups -OCH3 is 1. The molecule has 1 aromatic rings. The molecule has 1 saturated carbocycles. The van der Waals surface area contributed by atoms with Crippen LogP contribution in [0.5, 0.6) is 0 Å². The number of nitrogens with two attached hydrogens (primary N) is 1. The molecule has 0 unspecified atom stereocenters. The van der Waals surface area contributed by atoms with E-state index in [9.17, 15) is 0 Å². The molecule has 0 aliphatic heterocycles.